The first-order valence-corrected chi connectivity index (χ1v) is 15.4. The van der Waals surface area contributed by atoms with Crippen LogP contribution < -0.4 is 10.1 Å². The Balaban J connectivity index is 1.18. The van der Waals surface area contributed by atoms with E-state index in [0.29, 0.717) is 23.8 Å². The molecule has 1 saturated heterocycles. The highest BCUT2D eigenvalue weighted by Crippen LogP contribution is 2.40. The van der Waals surface area contributed by atoms with Crippen LogP contribution in [0.25, 0.3) is 21.9 Å². The topological polar surface area (TPSA) is 134 Å². The third-order valence-electron chi connectivity index (χ3n) is 8.24. The van der Waals surface area contributed by atoms with Crippen molar-refractivity contribution in [1.29, 1.82) is 5.26 Å². The number of sulfone groups is 1. The largest absolute Gasteiger partial charge is 0.474 e. The highest BCUT2D eigenvalue weighted by atomic mass is 32.2. The molecular formula is C29H32N6O3S. The van der Waals surface area contributed by atoms with Gasteiger partial charge in [0.2, 0.25) is 5.44 Å². The van der Waals surface area contributed by atoms with Gasteiger partial charge in [0.1, 0.15) is 5.75 Å². The van der Waals surface area contributed by atoms with Crippen molar-refractivity contribution >= 4 is 31.8 Å². The zero-order valence-corrected chi connectivity index (χ0v) is 22.5. The fourth-order valence-electron chi connectivity index (χ4n) is 6.25. The Kier molecular flexibility index (Phi) is 7.19. The van der Waals surface area contributed by atoms with Crippen LogP contribution >= 0.6 is 0 Å². The number of aromatic nitrogens is 4. The van der Waals surface area contributed by atoms with E-state index >= 15 is 0 Å². The lowest BCUT2D eigenvalue weighted by atomic mass is 9.80. The van der Waals surface area contributed by atoms with Gasteiger partial charge < -0.3 is 15.0 Å². The number of hydrogen-bond donors (Lipinski definition) is 2. The lowest BCUT2D eigenvalue weighted by molar-refractivity contribution is 0.177. The average Bonchev–Trinajstić information content (AvgIpc) is 3.46. The summed E-state index contributed by atoms with van der Waals surface area (Å²) in [5.74, 6) is 0.884. The van der Waals surface area contributed by atoms with Crippen LogP contribution in [-0.4, -0.2) is 52.6 Å². The van der Waals surface area contributed by atoms with E-state index in [1.54, 1.807) is 43.0 Å². The van der Waals surface area contributed by atoms with Crippen LogP contribution in [0.5, 0.6) is 5.75 Å². The number of nitrogens with one attached hydrogen (secondary N) is 2. The van der Waals surface area contributed by atoms with E-state index in [-0.39, 0.29) is 17.6 Å². The van der Waals surface area contributed by atoms with E-state index in [2.05, 4.69) is 31.3 Å². The van der Waals surface area contributed by atoms with Crippen LogP contribution in [-0.2, 0) is 9.84 Å². The van der Waals surface area contributed by atoms with Gasteiger partial charge in [-0.1, -0.05) is 0 Å². The minimum absolute atomic E-state index is 0.0882. The van der Waals surface area contributed by atoms with Crippen LogP contribution in [0, 0.1) is 23.2 Å². The van der Waals surface area contributed by atoms with Crippen molar-refractivity contribution in [1.82, 2.24) is 25.3 Å². The van der Waals surface area contributed by atoms with Crippen LogP contribution in [0.3, 0.4) is 0 Å². The van der Waals surface area contributed by atoms with Gasteiger partial charge in [0.25, 0.3) is 0 Å². The third kappa shape index (κ3) is 5.34. The fourth-order valence-corrected chi connectivity index (χ4v) is 8.51. The van der Waals surface area contributed by atoms with Gasteiger partial charge in [0.15, 0.2) is 15.5 Å². The Morgan fingerprint density at radius 1 is 1.05 bits per heavy atom. The Morgan fingerprint density at radius 3 is 2.62 bits per heavy atom. The van der Waals surface area contributed by atoms with Crippen molar-refractivity contribution in [2.45, 2.75) is 49.9 Å². The number of nitriles is 1. The van der Waals surface area contributed by atoms with E-state index < -0.39 is 15.3 Å². The van der Waals surface area contributed by atoms with E-state index in [1.165, 1.54) is 0 Å². The van der Waals surface area contributed by atoms with Gasteiger partial charge in [-0.3, -0.25) is 0 Å². The van der Waals surface area contributed by atoms with Crippen molar-refractivity contribution in [3.05, 3.63) is 60.3 Å². The highest BCUT2D eigenvalue weighted by Gasteiger charge is 2.38. The SMILES string of the molecule is N#Cc1ccc(OC(C2CCCNC2)S(=O)(=O)CC2CCC(c3[nH]cnc4cnc5nccc5c34)CC2)cc1. The summed E-state index contributed by atoms with van der Waals surface area (Å²) in [6.45, 7) is 1.52. The quantitative estimate of drug-likeness (QED) is 0.348. The number of pyridine rings is 1. The number of H-pyrrole nitrogens is 1. The first-order valence-electron chi connectivity index (χ1n) is 13.7. The number of hydrogen-bond acceptors (Lipinski definition) is 8. The monoisotopic (exact) mass is 544 g/mol. The van der Waals surface area contributed by atoms with Gasteiger partial charge in [0, 0.05) is 35.1 Å². The van der Waals surface area contributed by atoms with Gasteiger partial charge >= 0.3 is 0 Å². The molecule has 2 aliphatic rings. The van der Waals surface area contributed by atoms with Crippen molar-refractivity contribution in [2.24, 2.45) is 11.8 Å². The summed E-state index contributed by atoms with van der Waals surface area (Å²) in [6.07, 6.45) is 10.5. The van der Waals surface area contributed by atoms with Gasteiger partial charge in [-0.25, -0.2) is 23.4 Å². The number of benzene rings is 1. The second kappa shape index (κ2) is 10.9. The molecule has 1 saturated carbocycles. The summed E-state index contributed by atoms with van der Waals surface area (Å²) in [4.78, 5) is 16.6. The van der Waals surface area contributed by atoms with Gasteiger partial charge in [-0.2, -0.15) is 5.26 Å². The molecule has 4 aromatic rings. The molecule has 3 aromatic heterocycles. The molecule has 6 rings (SSSR count). The first-order chi connectivity index (χ1) is 19.0. The number of rotatable bonds is 7. The van der Waals surface area contributed by atoms with E-state index in [0.717, 1.165) is 72.7 Å². The van der Waals surface area contributed by atoms with Crippen molar-refractivity contribution < 1.29 is 13.2 Å². The molecule has 39 heavy (non-hydrogen) atoms. The zero-order chi connectivity index (χ0) is 26.8. The van der Waals surface area contributed by atoms with Crippen molar-refractivity contribution in [2.75, 3.05) is 18.8 Å². The predicted octanol–water partition coefficient (Wildman–Crippen LogP) is 4.47. The molecule has 1 aromatic carbocycles. The van der Waals surface area contributed by atoms with Crippen LogP contribution in [0.15, 0.2) is 49.1 Å². The molecule has 4 heterocycles. The number of nitrogens with zero attached hydrogens (tertiary/aromatic N) is 4. The lowest BCUT2D eigenvalue weighted by Crippen LogP contribution is -2.45. The molecular weight excluding hydrogens is 512 g/mol. The molecule has 2 fully saturated rings. The number of piperidine rings is 1. The van der Waals surface area contributed by atoms with Crippen LogP contribution in [0.1, 0.15) is 55.7 Å². The number of fused-ring (bicyclic) bond motifs is 3. The van der Waals surface area contributed by atoms with Crippen molar-refractivity contribution in [3.8, 4) is 11.8 Å². The Bertz CT molecular complexity index is 1600. The summed E-state index contributed by atoms with van der Waals surface area (Å²) in [6, 6.07) is 10.8. The first kappa shape index (κ1) is 25.7. The molecule has 2 unspecified atom stereocenters. The van der Waals surface area contributed by atoms with Crippen LogP contribution in [0.2, 0.25) is 0 Å². The number of ether oxygens (including phenoxy) is 1. The standard InChI is InChI=1S/C29H32N6O3S/c30-14-19-5-9-23(10-6-19)38-29(22-2-1-12-31-15-22)39(36,37)17-20-3-7-21(8-4-20)27-26-24-11-13-32-28(24)33-16-25(26)34-18-35-27/h5-6,9-11,13,16,18,20-22,29,31H,1-4,7-8,12,15,17H2,(H,34,35). The van der Waals surface area contributed by atoms with Gasteiger partial charge in [-0.05, 0) is 87.2 Å². The molecule has 1 aliphatic carbocycles. The molecule has 2 atom stereocenters. The maximum Gasteiger partial charge on any atom is 0.203 e. The minimum Gasteiger partial charge on any atom is -0.474 e. The second-order valence-electron chi connectivity index (χ2n) is 10.8. The molecule has 1 aliphatic heterocycles. The third-order valence-corrected chi connectivity index (χ3v) is 10.4. The summed E-state index contributed by atoms with van der Waals surface area (Å²) in [5, 5.41) is 14.5. The smallest absolute Gasteiger partial charge is 0.203 e. The maximum atomic E-state index is 13.8. The highest BCUT2D eigenvalue weighted by molar-refractivity contribution is 7.91. The van der Waals surface area contributed by atoms with E-state index in [1.807, 2.05) is 6.07 Å². The molecule has 0 amide bonds. The van der Waals surface area contributed by atoms with Crippen molar-refractivity contribution in [3.63, 3.8) is 0 Å². The normalized spacial score (nSPS) is 22.9. The molecule has 0 bridgehead atoms. The maximum absolute atomic E-state index is 13.8. The Hall–Kier alpha value is -3.55. The molecule has 202 valence electrons. The van der Waals surface area contributed by atoms with E-state index in [9.17, 15) is 8.42 Å². The summed E-state index contributed by atoms with van der Waals surface area (Å²) in [7, 11) is -3.54. The molecule has 0 spiro atoms. The summed E-state index contributed by atoms with van der Waals surface area (Å²) in [5.41, 5.74) is 2.31. The molecule has 10 heteroatoms. The van der Waals surface area contributed by atoms with Gasteiger partial charge in [-0.15, -0.1) is 0 Å². The zero-order valence-electron chi connectivity index (χ0n) is 21.7. The second-order valence-corrected chi connectivity index (χ2v) is 12.9. The lowest BCUT2D eigenvalue weighted by Gasteiger charge is -2.33. The molecule has 9 nitrogen and oxygen atoms in total. The Labute approximate surface area is 227 Å². The van der Waals surface area contributed by atoms with Crippen LogP contribution in [0.4, 0.5) is 0 Å². The Morgan fingerprint density at radius 2 is 1.87 bits per heavy atom. The number of aromatic amines is 1. The summed E-state index contributed by atoms with van der Waals surface area (Å²) < 4.78 is 33.8. The molecule has 0 radical (unpaired) electrons. The minimum atomic E-state index is -3.54. The average molecular weight is 545 g/mol. The summed E-state index contributed by atoms with van der Waals surface area (Å²) >= 11 is 0. The molecule has 2 N–H and O–H groups in total. The van der Waals surface area contributed by atoms with E-state index in [4.69, 9.17) is 10.00 Å². The van der Waals surface area contributed by atoms with Gasteiger partial charge in [0.05, 0.1) is 35.4 Å². The predicted molar refractivity (Wildman–Crippen MR) is 149 cm³/mol. The fraction of sp³-hybridized carbons (Fsp3) is 0.448.